The molecule has 1 heterocycles. The maximum atomic E-state index is 13.3. The quantitative estimate of drug-likeness (QED) is 0.586. The van der Waals surface area contributed by atoms with Gasteiger partial charge >= 0.3 is 0 Å². The van der Waals surface area contributed by atoms with E-state index in [4.69, 9.17) is 5.21 Å². The molecule has 1 amide bonds. The molecule has 0 aromatic heterocycles. The van der Waals surface area contributed by atoms with Gasteiger partial charge in [-0.2, -0.15) is 16.1 Å². The molecule has 1 aliphatic heterocycles. The molecule has 3 rings (SSSR count). The van der Waals surface area contributed by atoms with Crippen molar-refractivity contribution in [3.8, 4) is 11.1 Å². The molecule has 0 saturated carbocycles. The van der Waals surface area contributed by atoms with Crippen molar-refractivity contribution in [3.05, 3.63) is 54.1 Å². The Balaban J connectivity index is 1.96. The molecule has 1 saturated heterocycles. The van der Waals surface area contributed by atoms with E-state index in [0.29, 0.717) is 5.75 Å². The average Bonchev–Trinajstić information content (AvgIpc) is 2.66. The third-order valence-corrected chi connectivity index (χ3v) is 8.14. The monoisotopic (exact) mass is 420 g/mol. The standard InChI is InChI=1S/C20H24N2O4S2/c1-14-5-4-6-16(13-14)15-7-9-17(10-8-15)28(25,26)22-11-12-27-20(2,3)18(22)19(23)21-24/h4-10,13,18,24H,11-12H2,1-3H3,(H,21,23)/t18-/m0/s1. The number of hydroxylamine groups is 1. The highest BCUT2D eigenvalue weighted by molar-refractivity contribution is 8.00. The van der Waals surface area contributed by atoms with Gasteiger partial charge in [-0.15, -0.1) is 0 Å². The second-order valence-corrected chi connectivity index (χ2v) is 11.0. The number of amides is 1. The first-order valence-corrected chi connectivity index (χ1v) is 11.4. The number of thioether (sulfide) groups is 1. The summed E-state index contributed by atoms with van der Waals surface area (Å²) in [5.41, 5.74) is 4.68. The first-order chi connectivity index (χ1) is 13.2. The molecule has 28 heavy (non-hydrogen) atoms. The number of aryl methyl sites for hydroxylation is 1. The summed E-state index contributed by atoms with van der Waals surface area (Å²) in [5, 5.41) is 9.13. The van der Waals surface area contributed by atoms with Crippen LogP contribution in [-0.4, -0.2) is 46.9 Å². The Hall–Kier alpha value is -1.87. The molecule has 1 fully saturated rings. The van der Waals surface area contributed by atoms with E-state index in [1.165, 1.54) is 16.1 Å². The summed E-state index contributed by atoms with van der Waals surface area (Å²) in [6, 6.07) is 13.6. The highest BCUT2D eigenvalue weighted by Gasteiger charge is 2.48. The Labute approximate surface area is 170 Å². The van der Waals surface area contributed by atoms with Gasteiger partial charge in [0.2, 0.25) is 10.0 Å². The number of sulfonamides is 1. The number of nitrogens with one attached hydrogen (secondary N) is 1. The fourth-order valence-electron chi connectivity index (χ4n) is 3.50. The van der Waals surface area contributed by atoms with Crippen LogP contribution in [0.15, 0.2) is 53.4 Å². The van der Waals surface area contributed by atoms with E-state index in [2.05, 4.69) is 0 Å². The lowest BCUT2D eigenvalue weighted by molar-refractivity contribution is -0.134. The first kappa shape index (κ1) is 20.9. The molecule has 1 aliphatic rings. The van der Waals surface area contributed by atoms with Crippen LogP contribution in [0.5, 0.6) is 0 Å². The maximum absolute atomic E-state index is 13.3. The third-order valence-electron chi connectivity index (χ3n) is 4.90. The van der Waals surface area contributed by atoms with Gasteiger partial charge in [0.25, 0.3) is 5.91 Å². The fourth-order valence-corrected chi connectivity index (χ4v) is 6.61. The van der Waals surface area contributed by atoms with Crippen molar-refractivity contribution < 1.29 is 18.4 Å². The number of hydrogen-bond acceptors (Lipinski definition) is 5. The van der Waals surface area contributed by atoms with Crippen LogP contribution in [0.25, 0.3) is 11.1 Å². The number of nitrogens with zero attached hydrogens (tertiary/aromatic N) is 1. The molecule has 0 spiro atoms. The smallest absolute Gasteiger partial charge is 0.263 e. The van der Waals surface area contributed by atoms with E-state index >= 15 is 0 Å². The molecule has 150 valence electrons. The van der Waals surface area contributed by atoms with Crippen LogP contribution in [0.1, 0.15) is 19.4 Å². The van der Waals surface area contributed by atoms with Crippen LogP contribution in [-0.2, 0) is 14.8 Å². The van der Waals surface area contributed by atoms with Gasteiger partial charge in [-0.3, -0.25) is 10.0 Å². The number of hydrogen-bond donors (Lipinski definition) is 2. The van der Waals surface area contributed by atoms with Crippen molar-refractivity contribution >= 4 is 27.7 Å². The van der Waals surface area contributed by atoms with Crippen molar-refractivity contribution in [1.29, 1.82) is 0 Å². The van der Waals surface area contributed by atoms with E-state index in [0.717, 1.165) is 16.7 Å². The van der Waals surface area contributed by atoms with Crippen LogP contribution in [0.4, 0.5) is 0 Å². The van der Waals surface area contributed by atoms with Gasteiger partial charge < -0.3 is 0 Å². The van der Waals surface area contributed by atoms with Crippen LogP contribution in [0, 0.1) is 6.92 Å². The Morgan fingerprint density at radius 2 is 1.86 bits per heavy atom. The highest BCUT2D eigenvalue weighted by Crippen LogP contribution is 2.38. The summed E-state index contributed by atoms with van der Waals surface area (Å²) in [7, 11) is -3.90. The van der Waals surface area contributed by atoms with Crippen LogP contribution < -0.4 is 5.48 Å². The van der Waals surface area contributed by atoms with Crippen molar-refractivity contribution in [3.63, 3.8) is 0 Å². The second kappa shape index (κ2) is 7.87. The van der Waals surface area contributed by atoms with E-state index in [9.17, 15) is 13.2 Å². The van der Waals surface area contributed by atoms with Crippen LogP contribution >= 0.6 is 11.8 Å². The normalized spacial score (nSPS) is 19.9. The predicted octanol–water partition coefficient (Wildman–Crippen LogP) is 3.05. The minimum absolute atomic E-state index is 0.127. The lowest BCUT2D eigenvalue weighted by Crippen LogP contribution is -2.61. The van der Waals surface area contributed by atoms with Gasteiger partial charge in [-0.25, -0.2) is 13.9 Å². The molecular formula is C20H24N2O4S2. The van der Waals surface area contributed by atoms with Crippen molar-refractivity contribution in [2.75, 3.05) is 12.3 Å². The van der Waals surface area contributed by atoms with Gasteiger partial charge in [0.15, 0.2) is 0 Å². The molecule has 6 nitrogen and oxygen atoms in total. The van der Waals surface area contributed by atoms with E-state index < -0.39 is 26.7 Å². The minimum atomic E-state index is -3.90. The zero-order valence-electron chi connectivity index (χ0n) is 16.0. The van der Waals surface area contributed by atoms with E-state index in [-0.39, 0.29) is 11.4 Å². The minimum Gasteiger partial charge on any atom is -0.289 e. The van der Waals surface area contributed by atoms with Crippen molar-refractivity contribution in [1.82, 2.24) is 9.79 Å². The molecule has 2 aromatic rings. The average molecular weight is 421 g/mol. The summed E-state index contributed by atoms with van der Waals surface area (Å²) in [5.74, 6) is -0.153. The SMILES string of the molecule is Cc1cccc(-c2ccc(S(=O)(=O)N3CCSC(C)(C)[C@@H]3C(=O)NO)cc2)c1. The summed E-state index contributed by atoms with van der Waals surface area (Å²) in [6.45, 7) is 5.82. The Kier molecular flexibility index (Phi) is 5.86. The van der Waals surface area contributed by atoms with Gasteiger partial charge in [-0.1, -0.05) is 42.0 Å². The second-order valence-electron chi connectivity index (χ2n) is 7.34. The topological polar surface area (TPSA) is 86.7 Å². The fraction of sp³-hybridized carbons (Fsp3) is 0.350. The molecule has 0 radical (unpaired) electrons. The lowest BCUT2D eigenvalue weighted by Gasteiger charge is -2.43. The predicted molar refractivity (Wildman–Crippen MR) is 111 cm³/mol. The lowest BCUT2D eigenvalue weighted by atomic mass is 10.0. The Bertz CT molecular complexity index is 972. The Morgan fingerprint density at radius 3 is 2.46 bits per heavy atom. The van der Waals surface area contributed by atoms with E-state index in [1.807, 2.05) is 31.2 Å². The zero-order valence-corrected chi connectivity index (χ0v) is 17.7. The summed E-state index contributed by atoms with van der Waals surface area (Å²) in [4.78, 5) is 12.4. The van der Waals surface area contributed by atoms with E-state index in [1.54, 1.807) is 43.6 Å². The van der Waals surface area contributed by atoms with Crippen molar-refractivity contribution in [2.24, 2.45) is 0 Å². The maximum Gasteiger partial charge on any atom is 0.263 e. The molecular weight excluding hydrogens is 396 g/mol. The van der Waals surface area contributed by atoms with Gasteiger partial charge in [-0.05, 0) is 44.0 Å². The number of carbonyl (C=O) groups is 1. The van der Waals surface area contributed by atoms with Crippen LogP contribution in [0.2, 0.25) is 0 Å². The van der Waals surface area contributed by atoms with Gasteiger partial charge in [0.05, 0.1) is 4.90 Å². The molecule has 0 aliphatic carbocycles. The molecule has 0 unspecified atom stereocenters. The number of carbonyl (C=O) groups excluding carboxylic acids is 1. The highest BCUT2D eigenvalue weighted by atomic mass is 32.2. The molecule has 0 bridgehead atoms. The summed E-state index contributed by atoms with van der Waals surface area (Å²) < 4.78 is 27.0. The Morgan fingerprint density at radius 1 is 1.18 bits per heavy atom. The van der Waals surface area contributed by atoms with Gasteiger partial charge in [0.1, 0.15) is 6.04 Å². The summed E-state index contributed by atoms with van der Waals surface area (Å²) in [6.07, 6.45) is 0. The molecule has 2 aromatic carbocycles. The third kappa shape index (κ3) is 3.96. The first-order valence-electron chi connectivity index (χ1n) is 8.94. The molecule has 8 heteroatoms. The van der Waals surface area contributed by atoms with Gasteiger partial charge in [0, 0.05) is 17.0 Å². The molecule has 1 atom stereocenters. The van der Waals surface area contributed by atoms with Crippen LogP contribution in [0.3, 0.4) is 0 Å². The summed E-state index contributed by atoms with van der Waals surface area (Å²) >= 11 is 1.51. The zero-order chi connectivity index (χ0) is 20.5. The number of benzene rings is 2. The largest absolute Gasteiger partial charge is 0.289 e. The molecule has 2 N–H and O–H groups in total. The van der Waals surface area contributed by atoms with Crippen molar-refractivity contribution in [2.45, 2.75) is 36.5 Å². The number of rotatable bonds is 4.